The predicted octanol–water partition coefficient (Wildman–Crippen LogP) is 3.46. The van der Waals surface area contributed by atoms with Gasteiger partial charge in [-0.3, -0.25) is 0 Å². The molecule has 0 aliphatic rings. The number of hydrogen-bond acceptors (Lipinski definition) is 2. The van der Waals surface area contributed by atoms with E-state index in [4.69, 9.17) is 4.74 Å². The summed E-state index contributed by atoms with van der Waals surface area (Å²) >= 11 is 0. The number of benzene rings is 1. The van der Waals surface area contributed by atoms with Crippen LogP contribution in [-0.2, 0) is 0 Å². The summed E-state index contributed by atoms with van der Waals surface area (Å²) in [5.74, 6) is 0.964. The molecule has 0 fully saturated rings. The van der Waals surface area contributed by atoms with Crippen molar-refractivity contribution < 1.29 is 4.74 Å². The van der Waals surface area contributed by atoms with Crippen LogP contribution >= 0.6 is 0 Å². The number of nitrogens with one attached hydrogen (secondary N) is 1. The highest BCUT2D eigenvalue weighted by molar-refractivity contribution is 5.33. The van der Waals surface area contributed by atoms with Crippen molar-refractivity contribution >= 4 is 0 Å². The first-order valence-electron chi connectivity index (χ1n) is 6.41. The Morgan fingerprint density at radius 3 is 2.24 bits per heavy atom. The van der Waals surface area contributed by atoms with Gasteiger partial charge in [0, 0.05) is 6.54 Å². The summed E-state index contributed by atoms with van der Waals surface area (Å²) in [7, 11) is 0. The monoisotopic (exact) mass is 235 g/mol. The molecule has 1 aromatic carbocycles. The molecule has 2 heteroatoms. The Morgan fingerprint density at radius 1 is 1.12 bits per heavy atom. The summed E-state index contributed by atoms with van der Waals surface area (Å²) in [6.45, 7) is 12.5. The topological polar surface area (TPSA) is 21.3 Å². The molecule has 0 saturated carbocycles. The van der Waals surface area contributed by atoms with Crippen LogP contribution < -0.4 is 10.1 Å². The van der Waals surface area contributed by atoms with Gasteiger partial charge >= 0.3 is 0 Å². The number of hydrogen-bond donors (Lipinski definition) is 1. The quantitative estimate of drug-likeness (QED) is 0.762. The molecule has 0 bridgehead atoms. The van der Waals surface area contributed by atoms with Crippen LogP contribution in [0.4, 0.5) is 0 Å². The summed E-state index contributed by atoms with van der Waals surface area (Å²) in [4.78, 5) is 0. The molecule has 96 valence electrons. The first kappa shape index (κ1) is 14.0. The maximum atomic E-state index is 6.05. The van der Waals surface area contributed by atoms with Crippen molar-refractivity contribution in [3.05, 3.63) is 29.3 Å². The molecule has 0 aromatic heterocycles. The van der Waals surface area contributed by atoms with Crippen molar-refractivity contribution in [3.8, 4) is 5.75 Å². The molecule has 1 aromatic rings. The maximum Gasteiger partial charge on any atom is 0.120 e. The van der Waals surface area contributed by atoms with Crippen LogP contribution in [0.3, 0.4) is 0 Å². The van der Waals surface area contributed by atoms with Gasteiger partial charge in [0.1, 0.15) is 11.4 Å². The van der Waals surface area contributed by atoms with E-state index >= 15 is 0 Å². The zero-order valence-electron chi connectivity index (χ0n) is 11.8. The third kappa shape index (κ3) is 5.22. The van der Waals surface area contributed by atoms with Gasteiger partial charge in [0.2, 0.25) is 0 Å². The standard InChI is InChI=1S/C15H25NO/c1-6-7-16-11-15(4,5)17-14-9-12(2)8-13(3)10-14/h8-10,16H,6-7,11H2,1-5H3. The van der Waals surface area contributed by atoms with Crippen LogP contribution in [0.2, 0.25) is 0 Å². The van der Waals surface area contributed by atoms with Crippen molar-refractivity contribution in [2.24, 2.45) is 0 Å². The van der Waals surface area contributed by atoms with E-state index in [2.05, 4.69) is 58.1 Å². The minimum Gasteiger partial charge on any atom is -0.487 e. The van der Waals surface area contributed by atoms with Gasteiger partial charge in [-0.2, -0.15) is 0 Å². The van der Waals surface area contributed by atoms with Gasteiger partial charge in [-0.25, -0.2) is 0 Å². The third-order valence-corrected chi connectivity index (χ3v) is 2.57. The highest BCUT2D eigenvalue weighted by Crippen LogP contribution is 2.21. The zero-order chi connectivity index (χ0) is 12.9. The van der Waals surface area contributed by atoms with E-state index in [1.54, 1.807) is 0 Å². The first-order valence-corrected chi connectivity index (χ1v) is 6.41. The van der Waals surface area contributed by atoms with Crippen molar-refractivity contribution in [2.75, 3.05) is 13.1 Å². The summed E-state index contributed by atoms with van der Waals surface area (Å²) in [6, 6.07) is 6.35. The van der Waals surface area contributed by atoms with Crippen LogP contribution in [0.25, 0.3) is 0 Å². The minimum absolute atomic E-state index is 0.171. The Bertz CT molecular complexity index is 338. The van der Waals surface area contributed by atoms with Gasteiger partial charge in [0.25, 0.3) is 0 Å². The lowest BCUT2D eigenvalue weighted by atomic mass is 10.1. The largest absolute Gasteiger partial charge is 0.487 e. The molecular formula is C15H25NO. The fourth-order valence-electron chi connectivity index (χ4n) is 1.91. The Balaban J connectivity index is 2.62. The highest BCUT2D eigenvalue weighted by atomic mass is 16.5. The maximum absolute atomic E-state index is 6.05. The Labute approximate surface area is 105 Å². The second kappa shape index (κ2) is 6.06. The molecule has 0 saturated heterocycles. The normalized spacial score (nSPS) is 11.6. The molecule has 0 spiro atoms. The molecule has 2 nitrogen and oxygen atoms in total. The van der Waals surface area contributed by atoms with Gasteiger partial charge in [0.15, 0.2) is 0 Å². The lowest BCUT2D eigenvalue weighted by molar-refractivity contribution is 0.108. The van der Waals surface area contributed by atoms with Gasteiger partial charge < -0.3 is 10.1 Å². The average Bonchev–Trinajstić information content (AvgIpc) is 2.14. The van der Waals surface area contributed by atoms with E-state index in [0.717, 1.165) is 25.3 Å². The minimum atomic E-state index is -0.171. The molecule has 0 amide bonds. The van der Waals surface area contributed by atoms with Gasteiger partial charge in [-0.1, -0.05) is 13.0 Å². The molecular weight excluding hydrogens is 210 g/mol. The Hall–Kier alpha value is -1.02. The van der Waals surface area contributed by atoms with E-state index in [9.17, 15) is 0 Å². The van der Waals surface area contributed by atoms with E-state index in [1.807, 2.05) is 0 Å². The van der Waals surface area contributed by atoms with Gasteiger partial charge in [0.05, 0.1) is 0 Å². The molecule has 0 aliphatic heterocycles. The first-order chi connectivity index (χ1) is 7.93. The third-order valence-electron chi connectivity index (χ3n) is 2.57. The van der Waals surface area contributed by atoms with Crippen molar-refractivity contribution in [1.29, 1.82) is 0 Å². The van der Waals surface area contributed by atoms with E-state index in [0.29, 0.717) is 0 Å². The fraction of sp³-hybridized carbons (Fsp3) is 0.600. The lowest BCUT2D eigenvalue weighted by Crippen LogP contribution is -2.40. The predicted molar refractivity (Wildman–Crippen MR) is 73.8 cm³/mol. The second-order valence-corrected chi connectivity index (χ2v) is 5.36. The number of ether oxygens (including phenoxy) is 1. The summed E-state index contributed by atoms with van der Waals surface area (Å²) in [5, 5.41) is 3.40. The van der Waals surface area contributed by atoms with Gasteiger partial charge in [-0.15, -0.1) is 0 Å². The lowest BCUT2D eigenvalue weighted by Gasteiger charge is -2.27. The molecule has 0 atom stereocenters. The van der Waals surface area contributed by atoms with Gasteiger partial charge in [-0.05, 0) is 63.9 Å². The smallest absolute Gasteiger partial charge is 0.120 e. The Kier molecular flexibility index (Phi) is 5.01. The molecule has 0 unspecified atom stereocenters. The summed E-state index contributed by atoms with van der Waals surface area (Å²) in [5.41, 5.74) is 2.32. The van der Waals surface area contributed by atoms with E-state index in [-0.39, 0.29) is 5.60 Å². The molecule has 0 aliphatic carbocycles. The second-order valence-electron chi connectivity index (χ2n) is 5.36. The Morgan fingerprint density at radius 2 is 1.71 bits per heavy atom. The van der Waals surface area contributed by atoms with Crippen LogP contribution in [0, 0.1) is 13.8 Å². The van der Waals surface area contributed by atoms with Crippen molar-refractivity contribution in [2.45, 2.75) is 46.6 Å². The van der Waals surface area contributed by atoms with Crippen LogP contribution in [-0.4, -0.2) is 18.7 Å². The number of aryl methyl sites for hydroxylation is 2. The zero-order valence-corrected chi connectivity index (χ0v) is 11.8. The number of rotatable bonds is 6. The summed E-state index contributed by atoms with van der Waals surface area (Å²) in [6.07, 6.45) is 1.15. The van der Waals surface area contributed by atoms with Crippen LogP contribution in [0.5, 0.6) is 5.75 Å². The molecule has 1 rings (SSSR count). The average molecular weight is 235 g/mol. The summed E-state index contributed by atoms with van der Waals surface area (Å²) < 4.78 is 6.05. The van der Waals surface area contributed by atoms with E-state index < -0.39 is 0 Å². The SMILES string of the molecule is CCCNCC(C)(C)Oc1cc(C)cc(C)c1. The fourth-order valence-corrected chi connectivity index (χ4v) is 1.91. The van der Waals surface area contributed by atoms with E-state index in [1.165, 1.54) is 11.1 Å². The van der Waals surface area contributed by atoms with Crippen molar-refractivity contribution in [1.82, 2.24) is 5.32 Å². The van der Waals surface area contributed by atoms with Crippen LogP contribution in [0.1, 0.15) is 38.3 Å². The van der Waals surface area contributed by atoms with Crippen LogP contribution in [0.15, 0.2) is 18.2 Å². The molecule has 1 N–H and O–H groups in total. The molecule has 0 heterocycles. The van der Waals surface area contributed by atoms with Crippen molar-refractivity contribution in [3.63, 3.8) is 0 Å². The molecule has 0 radical (unpaired) electrons. The highest BCUT2D eigenvalue weighted by Gasteiger charge is 2.19. The molecule has 17 heavy (non-hydrogen) atoms.